The molecule has 0 aliphatic rings. The molecule has 2 aromatic carbocycles. The Bertz CT molecular complexity index is 823. The summed E-state index contributed by atoms with van der Waals surface area (Å²) in [4.78, 5) is 11.7. The summed E-state index contributed by atoms with van der Waals surface area (Å²) in [6.45, 7) is 6.28. The summed E-state index contributed by atoms with van der Waals surface area (Å²) in [5, 5.41) is 7.32. The van der Waals surface area contributed by atoms with Gasteiger partial charge in [0, 0.05) is 0 Å². The van der Waals surface area contributed by atoms with Crippen molar-refractivity contribution in [3.8, 4) is 0 Å². The standard InChI is InChI=1S/C20H23ClN2O2S/c1-5-17(15-8-6-12(2)10-13(15)3)22-20(26)23-18-11-14(19(24)25-4)7-9-16(18)21/h6-11,17H,5H2,1-4H3,(H2,22,23,26)/t17-/m1/s1. The van der Waals surface area contributed by atoms with Crippen LogP contribution in [-0.4, -0.2) is 18.2 Å². The van der Waals surface area contributed by atoms with Crippen LogP contribution in [0, 0.1) is 13.8 Å². The van der Waals surface area contributed by atoms with E-state index in [1.165, 1.54) is 23.8 Å². The first-order chi connectivity index (χ1) is 12.3. The third-order valence-corrected chi connectivity index (χ3v) is 4.70. The largest absolute Gasteiger partial charge is 0.465 e. The van der Waals surface area contributed by atoms with E-state index in [4.69, 9.17) is 28.6 Å². The first-order valence-corrected chi connectivity index (χ1v) is 9.16. The van der Waals surface area contributed by atoms with E-state index < -0.39 is 5.97 Å². The molecule has 26 heavy (non-hydrogen) atoms. The predicted octanol–water partition coefficient (Wildman–Crippen LogP) is 5.18. The number of halogens is 1. The molecule has 0 aromatic heterocycles. The molecule has 0 amide bonds. The van der Waals surface area contributed by atoms with Gasteiger partial charge in [0.25, 0.3) is 0 Å². The predicted molar refractivity (Wildman–Crippen MR) is 111 cm³/mol. The number of thiocarbonyl (C=S) groups is 1. The SMILES string of the molecule is CC[C@@H](NC(=S)Nc1cc(C(=O)OC)ccc1Cl)c1ccc(C)cc1C. The van der Waals surface area contributed by atoms with Crippen molar-refractivity contribution in [3.63, 3.8) is 0 Å². The molecule has 2 N–H and O–H groups in total. The maximum absolute atomic E-state index is 11.7. The fraction of sp³-hybridized carbons (Fsp3) is 0.300. The lowest BCUT2D eigenvalue weighted by Crippen LogP contribution is -2.32. The lowest BCUT2D eigenvalue weighted by atomic mass is 9.98. The molecule has 4 nitrogen and oxygen atoms in total. The van der Waals surface area contributed by atoms with Crippen molar-refractivity contribution in [2.24, 2.45) is 0 Å². The number of hydrogen-bond donors (Lipinski definition) is 2. The Hall–Kier alpha value is -2.11. The van der Waals surface area contributed by atoms with Crippen LogP contribution in [0.25, 0.3) is 0 Å². The van der Waals surface area contributed by atoms with E-state index in [-0.39, 0.29) is 6.04 Å². The summed E-state index contributed by atoms with van der Waals surface area (Å²) in [5.74, 6) is -0.426. The molecule has 1 atom stereocenters. The number of aryl methyl sites for hydroxylation is 2. The van der Waals surface area contributed by atoms with Gasteiger partial charge >= 0.3 is 5.97 Å². The third kappa shape index (κ3) is 4.96. The number of anilines is 1. The smallest absolute Gasteiger partial charge is 0.337 e. The number of carbonyl (C=O) groups is 1. The van der Waals surface area contributed by atoms with Crippen LogP contribution in [0.2, 0.25) is 5.02 Å². The number of hydrogen-bond acceptors (Lipinski definition) is 3. The van der Waals surface area contributed by atoms with Crippen molar-refractivity contribution in [2.75, 3.05) is 12.4 Å². The number of methoxy groups -OCH3 is 1. The highest BCUT2D eigenvalue weighted by atomic mass is 35.5. The van der Waals surface area contributed by atoms with E-state index in [1.54, 1.807) is 18.2 Å². The quantitative estimate of drug-likeness (QED) is 0.544. The summed E-state index contributed by atoms with van der Waals surface area (Å²) in [5.41, 5.74) is 4.62. The zero-order chi connectivity index (χ0) is 19.3. The number of benzene rings is 2. The molecule has 0 aliphatic heterocycles. The second-order valence-electron chi connectivity index (χ2n) is 6.11. The van der Waals surface area contributed by atoms with Gasteiger partial charge in [0.05, 0.1) is 29.4 Å². The Morgan fingerprint density at radius 1 is 1.23 bits per heavy atom. The first-order valence-electron chi connectivity index (χ1n) is 8.38. The van der Waals surface area contributed by atoms with Gasteiger partial charge in [-0.1, -0.05) is 42.3 Å². The van der Waals surface area contributed by atoms with E-state index in [0.29, 0.717) is 21.4 Å². The van der Waals surface area contributed by atoms with Crippen LogP contribution in [0.3, 0.4) is 0 Å². The van der Waals surface area contributed by atoms with E-state index in [2.05, 4.69) is 49.6 Å². The average molecular weight is 391 g/mol. The minimum Gasteiger partial charge on any atom is -0.465 e. The Labute approximate surface area is 164 Å². The van der Waals surface area contributed by atoms with Crippen LogP contribution in [0.4, 0.5) is 5.69 Å². The fourth-order valence-corrected chi connectivity index (χ4v) is 3.22. The summed E-state index contributed by atoms with van der Waals surface area (Å²) in [6.07, 6.45) is 0.877. The van der Waals surface area contributed by atoms with Crippen molar-refractivity contribution in [1.82, 2.24) is 5.32 Å². The fourth-order valence-electron chi connectivity index (χ4n) is 2.80. The normalized spacial score (nSPS) is 11.6. The molecule has 0 fully saturated rings. The van der Waals surface area contributed by atoms with Crippen LogP contribution in [-0.2, 0) is 4.74 Å². The maximum Gasteiger partial charge on any atom is 0.337 e. The van der Waals surface area contributed by atoms with Gasteiger partial charge in [-0.2, -0.15) is 0 Å². The monoisotopic (exact) mass is 390 g/mol. The van der Waals surface area contributed by atoms with Gasteiger partial charge in [0.15, 0.2) is 5.11 Å². The van der Waals surface area contributed by atoms with Gasteiger partial charge in [-0.25, -0.2) is 4.79 Å². The summed E-state index contributed by atoms with van der Waals surface area (Å²) >= 11 is 11.7. The molecule has 0 saturated carbocycles. The summed E-state index contributed by atoms with van der Waals surface area (Å²) in [6, 6.07) is 11.3. The van der Waals surface area contributed by atoms with Crippen LogP contribution in [0.1, 0.15) is 46.4 Å². The van der Waals surface area contributed by atoms with E-state index in [1.807, 2.05) is 0 Å². The lowest BCUT2D eigenvalue weighted by molar-refractivity contribution is 0.0601. The third-order valence-electron chi connectivity index (χ3n) is 4.15. The molecule has 0 bridgehead atoms. The van der Waals surface area contributed by atoms with Crippen LogP contribution in [0.5, 0.6) is 0 Å². The van der Waals surface area contributed by atoms with E-state index in [9.17, 15) is 4.79 Å². The number of nitrogens with one attached hydrogen (secondary N) is 2. The zero-order valence-electron chi connectivity index (χ0n) is 15.4. The van der Waals surface area contributed by atoms with Crippen LogP contribution < -0.4 is 10.6 Å². The molecule has 0 radical (unpaired) electrons. The number of carbonyl (C=O) groups excluding carboxylic acids is 1. The second kappa shape index (κ2) is 9.01. The van der Waals surface area contributed by atoms with Gasteiger partial charge in [-0.15, -0.1) is 0 Å². The molecule has 0 spiro atoms. The van der Waals surface area contributed by atoms with Crippen molar-refractivity contribution in [1.29, 1.82) is 0 Å². The summed E-state index contributed by atoms with van der Waals surface area (Å²) in [7, 11) is 1.34. The zero-order valence-corrected chi connectivity index (χ0v) is 16.9. The number of ether oxygens (including phenoxy) is 1. The molecular weight excluding hydrogens is 368 g/mol. The molecule has 0 saturated heterocycles. The van der Waals surface area contributed by atoms with Gasteiger partial charge in [-0.05, 0) is 61.8 Å². The van der Waals surface area contributed by atoms with Gasteiger partial charge < -0.3 is 15.4 Å². The van der Waals surface area contributed by atoms with E-state index in [0.717, 1.165) is 6.42 Å². The van der Waals surface area contributed by atoms with Crippen molar-refractivity contribution < 1.29 is 9.53 Å². The molecule has 0 heterocycles. The Balaban J connectivity index is 2.15. The van der Waals surface area contributed by atoms with Gasteiger partial charge in [0.2, 0.25) is 0 Å². The highest BCUT2D eigenvalue weighted by Crippen LogP contribution is 2.25. The van der Waals surface area contributed by atoms with Gasteiger partial charge in [-0.3, -0.25) is 0 Å². The molecule has 2 aromatic rings. The minimum absolute atomic E-state index is 0.0816. The van der Waals surface area contributed by atoms with Crippen LogP contribution >= 0.6 is 23.8 Å². The number of esters is 1. The van der Waals surface area contributed by atoms with Crippen LogP contribution in [0.15, 0.2) is 36.4 Å². The number of rotatable bonds is 5. The Kier molecular flexibility index (Phi) is 7.00. The van der Waals surface area contributed by atoms with Crippen molar-refractivity contribution >= 4 is 40.6 Å². The summed E-state index contributed by atoms with van der Waals surface area (Å²) < 4.78 is 4.74. The molecule has 0 unspecified atom stereocenters. The Morgan fingerprint density at radius 2 is 1.96 bits per heavy atom. The topological polar surface area (TPSA) is 50.4 Å². The minimum atomic E-state index is -0.426. The Morgan fingerprint density at radius 3 is 2.58 bits per heavy atom. The average Bonchev–Trinajstić information content (AvgIpc) is 2.61. The highest BCUT2D eigenvalue weighted by molar-refractivity contribution is 7.80. The molecule has 2 rings (SSSR count). The molecule has 138 valence electrons. The molecule has 6 heteroatoms. The first kappa shape index (κ1) is 20.2. The van der Waals surface area contributed by atoms with Crippen molar-refractivity contribution in [2.45, 2.75) is 33.2 Å². The molecular formula is C20H23ClN2O2S. The lowest BCUT2D eigenvalue weighted by Gasteiger charge is -2.22. The second-order valence-corrected chi connectivity index (χ2v) is 6.92. The van der Waals surface area contributed by atoms with Crippen molar-refractivity contribution in [3.05, 3.63) is 63.7 Å². The van der Waals surface area contributed by atoms with Gasteiger partial charge in [0.1, 0.15) is 0 Å². The molecule has 0 aliphatic carbocycles. The maximum atomic E-state index is 11.7. The van der Waals surface area contributed by atoms with E-state index >= 15 is 0 Å². The highest BCUT2D eigenvalue weighted by Gasteiger charge is 2.15.